The Bertz CT molecular complexity index is 1040. The van der Waals surface area contributed by atoms with Crippen molar-refractivity contribution in [1.29, 1.82) is 0 Å². The molecule has 120 valence electrons. The van der Waals surface area contributed by atoms with Gasteiger partial charge in [0.15, 0.2) is 0 Å². The van der Waals surface area contributed by atoms with Crippen LogP contribution in [-0.4, -0.2) is 19.7 Å². The minimum Gasteiger partial charge on any atom is -0.354 e. The molecule has 7 heteroatoms. The first kappa shape index (κ1) is 14.7. The number of hydrogen-bond donors (Lipinski definition) is 2. The van der Waals surface area contributed by atoms with Crippen molar-refractivity contribution in [2.45, 2.75) is 0 Å². The van der Waals surface area contributed by atoms with E-state index in [-0.39, 0.29) is 5.82 Å². The number of aromatic nitrogens is 4. The van der Waals surface area contributed by atoms with Gasteiger partial charge in [-0.1, -0.05) is 11.6 Å². The molecule has 0 aliphatic rings. The molecule has 0 bridgehead atoms. The summed E-state index contributed by atoms with van der Waals surface area (Å²) >= 11 is 6.04. The highest BCUT2D eigenvalue weighted by atomic mass is 35.5. The summed E-state index contributed by atoms with van der Waals surface area (Å²) in [7, 11) is 1.88. The molecule has 24 heavy (non-hydrogen) atoms. The largest absolute Gasteiger partial charge is 0.354 e. The zero-order valence-corrected chi connectivity index (χ0v) is 13.5. The number of fused-ring (bicyclic) bond motifs is 1. The molecule has 3 aromatic heterocycles. The second-order valence-corrected chi connectivity index (χ2v) is 5.90. The van der Waals surface area contributed by atoms with Crippen LogP contribution in [0.2, 0.25) is 5.02 Å². The molecule has 0 spiro atoms. The van der Waals surface area contributed by atoms with Gasteiger partial charge >= 0.3 is 0 Å². The number of nitrogens with zero attached hydrogens (tertiary/aromatic N) is 3. The van der Waals surface area contributed by atoms with Crippen LogP contribution in [0, 0.1) is 5.82 Å². The first-order valence-electron chi connectivity index (χ1n) is 7.28. The van der Waals surface area contributed by atoms with Crippen molar-refractivity contribution in [1.82, 2.24) is 19.7 Å². The number of pyridine rings is 1. The lowest BCUT2D eigenvalue weighted by Crippen LogP contribution is -1.94. The fourth-order valence-corrected chi connectivity index (χ4v) is 2.75. The molecule has 0 amide bonds. The van der Waals surface area contributed by atoms with E-state index in [2.05, 4.69) is 20.4 Å². The lowest BCUT2D eigenvalue weighted by molar-refractivity contribution is 0.628. The third-order valence-corrected chi connectivity index (χ3v) is 4.03. The Hall–Kier alpha value is -2.86. The summed E-state index contributed by atoms with van der Waals surface area (Å²) in [6, 6.07) is 8.10. The molecule has 4 aromatic rings. The zero-order chi connectivity index (χ0) is 16.7. The lowest BCUT2D eigenvalue weighted by atomic mass is 10.2. The van der Waals surface area contributed by atoms with Crippen molar-refractivity contribution in [3.63, 3.8) is 0 Å². The van der Waals surface area contributed by atoms with Crippen molar-refractivity contribution >= 4 is 34.0 Å². The first-order chi connectivity index (χ1) is 11.6. The molecule has 0 saturated heterocycles. The summed E-state index contributed by atoms with van der Waals surface area (Å²) in [6.45, 7) is 0. The van der Waals surface area contributed by atoms with Gasteiger partial charge in [0.2, 0.25) is 0 Å². The minimum atomic E-state index is -0.376. The Balaban J connectivity index is 1.68. The van der Waals surface area contributed by atoms with Crippen LogP contribution in [-0.2, 0) is 7.05 Å². The Morgan fingerprint density at radius 3 is 2.83 bits per heavy atom. The van der Waals surface area contributed by atoms with Crippen molar-refractivity contribution in [2.75, 3.05) is 5.32 Å². The van der Waals surface area contributed by atoms with Crippen LogP contribution >= 0.6 is 11.6 Å². The second-order valence-electron chi connectivity index (χ2n) is 5.49. The smallest absolute Gasteiger partial charge is 0.132 e. The molecule has 0 fully saturated rings. The number of halogens is 2. The number of H-pyrrole nitrogens is 1. The van der Waals surface area contributed by atoms with Crippen molar-refractivity contribution in [3.8, 4) is 11.3 Å². The van der Waals surface area contributed by atoms with Crippen LogP contribution in [0.4, 0.5) is 15.9 Å². The van der Waals surface area contributed by atoms with Gasteiger partial charge in [-0.05, 0) is 24.3 Å². The van der Waals surface area contributed by atoms with Crippen molar-refractivity contribution in [3.05, 3.63) is 59.8 Å². The van der Waals surface area contributed by atoms with Gasteiger partial charge in [0.05, 0.1) is 22.4 Å². The van der Waals surface area contributed by atoms with Crippen LogP contribution < -0.4 is 5.32 Å². The zero-order valence-electron chi connectivity index (χ0n) is 12.7. The second kappa shape index (κ2) is 5.65. The average Bonchev–Trinajstić information content (AvgIpc) is 3.15. The van der Waals surface area contributed by atoms with Crippen LogP contribution in [0.3, 0.4) is 0 Å². The topological polar surface area (TPSA) is 58.5 Å². The number of benzene rings is 1. The highest BCUT2D eigenvalue weighted by molar-refractivity contribution is 6.33. The van der Waals surface area contributed by atoms with E-state index >= 15 is 0 Å². The van der Waals surface area contributed by atoms with Gasteiger partial charge in [-0.25, -0.2) is 9.37 Å². The third-order valence-electron chi connectivity index (χ3n) is 3.71. The quantitative estimate of drug-likeness (QED) is 0.577. The Morgan fingerprint density at radius 1 is 1.21 bits per heavy atom. The Kier molecular flexibility index (Phi) is 3.46. The molecule has 5 nitrogen and oxygen atoms in total. The van der Waals surface area contributed by atoms with Crippen molar-refractivity contribution < 1.29 is 4.39 Å². The van der Waals surface area contributed by atoms with Gasteiger partial charge in [0.1, 0.15) is 11.6 Å². The van der Waals surface area contributed by atoms with Gasteiger partial charge in [0, 0.05) is 42.2 Å². The molecule has 4 rings (SSSR count). The average molecular weight is 342 g/mol. The Morgan fingerprint density at radius 2 is 2.08 bits per heavy atom. The predicted molar refractivity (Wildman–Crippen MR) is 93.0 cm³/mol. The first-order valence-corrected chi connectivity index (χ1v) is 7.66. The normalized spacial score (nSPS) is 11.1. The predicted octanol–water partition coefficient (Wildman–Crippen LogP) is 4.50. The third kappa shape index (κ3) is 2.72. The van der Waals surface area contributed by atoms with Crippen molar-refractivity contribution in [2.24, 2.45) is 7.05 Å². The van der Waals surface area contributed by atoms with E-state index in [1.165, 1.54) is 12.1 Å². The van der Waals surface area contributed by atoms with E-state index in [1.54, 1.807) is 23.1 Å². The van der Waals surface area contributed by atoms with Crippen LogP contribution in [0.15, 0.2) is 48.9 Å². The van der Waals surface area contributed by atoms with Gasteiger partial charge in [-0.2, -0.15) is 5.10 Å². The number of hydrogen-bond acceptors (Lipinski definition) is 3. The molecule has 3 heterocycles. The van der Waals surface area contributed by atoms with E-state index in [1.807, 2.05) is 25.4 Å². The van der Waals surface area contributed by atoms with Gasteiger partial charge in [-0.15, -0.1) is 0 Å². The summed E-state index contributed by atoms with van der Waals surface area (Å²) in [6.07, 6.45) is 5.51. The number of nitrogens with one attached hydrogen (secondary N) is 2. The number of rotatable bonds is 3. The van der Waals surface area contributed by atoms with E-state index in [4.69, 9.17) is 11.6 Å². The molecule has 0 radical (unpaired) electrons. The number of aryl methyl sites for hydroxylation is 1. The maximum absolute atomic E-state index is 13.1. The molecule has 0 saturated carbocycles. The molecule has 0 unspecified atom stereocenters. The van der Waals surface area contributed by atoms with Gasteiger partial charge in [0.25, 0.3) is 0 Å². The van der Waals surface area contributed by atoms with Gasteiger partial charge in [-0.3, -0.25) is 4.68 Å². The summed E-state index contributed by atoms with van der Waals surface area (Å²) in [5, 5.41) is 8.57. The van der Waals surface area contributed by atoms with Crippen LogP contribution in [0.5, 0.6) is 0 Å². The lowest BCUT2D eigenvalue weighted by Gasteiger charge is -2.07. The van der Waals surface area contributed by atoms with Crippen LogP contribution in [0.25, 0.3) is 22.2 Å². The molecule has 2 N–H and O–H groups in total. The summed E-state index contributed by atoms with van der Waals surface area (Å²) < 4.78 is 14.9. The van der Waals surface area contributed by atoms with E-state index in [9.17, 15) is 4.39 Å². The van der Waals surface area contributed by atoms with E-state index in [0.29, 0.717) is 16.5 Å². The molecule has 1 aromatic carbocycles. The summed E-state index contributed by atoms with van der Waals surface area (Å²) in [5.74, 6) is 0.245. The SMILES string of the molecule is Cn1cc(-c2cc3cnc(Nc4ccc(F)cc4Cl)cc3[nH]2)cn1. The molecule has 0 atom stereocenters. The minimum absolute atomic E-state index is 0.305. The molecular weight excluding hydrogens is 329 g/mol. The van der Waals surface area contributed by atoms with E-state index < -0.39 is 0 Å². The number of aromatic amines is 1. The summed E-state index contributed by atoms with van der Waals surface area (Å²) in [4.78, 5) is 7.72. The van der Waals surface area contributed by atoms with E-state index in [0.717, 1.165) is 22.2 Å². The highest BCUT2D eigenvalue weighted by Gasteiger charge is 2.08. The monoisotopic (exact) mass is 341 g/mol. The maximum atomic E-state index is 13.1. The fraction of sp³-hybridized carbons (Fsp3) is 0.0588. The highest BCUT2D eigenvalue weighted by Crippen LogP contribution is 2.28. The molecular formula is C17H13ClFN5. The summed E-state index contributed by atoms with van der Waals surface area (Å²) in [5.41, 5.74) is 3.51. The fourth-order valence-electron chi connectivity index (χ4n) is 2.54. The van der Waals surface area contributed by atoms with Crippen LogP contribution in [0.1, 0.15) is 0 Å². The maximum Gasteiger partial charge on any atom is 0.132 e. The Labute approximate surface area is 142 Å². The molecule has 0 aliphatic carbocycles. The van der Waals surface area contributed by atoms with Gasteiger partial charge < -0.3 is 10.3 Å². The standard InChI is InChI=1S/C17H13ClFN5/c1-24-9-11(8-21-24)15-4-10-7-20-17(6-16(10)22-15)23-14-3-2-12(19)5-13(14)18/h2-9,22H,1H3,(H,20,23). The number of anilines is 2. The molecule has 0 aliphatic heterocycles.